The van der Waals surface area contributed by atoms with E-state index < -0.39 is 30.4 Å². The lowest BCUT2D eigenvalue weighted by molar-refractivity contribution is -0.129. The smallest absolute Gasteiger partial charge is 0.220 e. The number of allylic oxidation sites excluding steroid dienone is 1. The predicted molar refractivity (Wildman–Crippen MR) is 69.4 cm³/mol. The molecule has 4 N–H and O–H groups in total. The van der Waals surface area contributed by atoms with Crippen molar-refractivity contribution in [2.75, 3.05) is 13.1 Å². The summed E-state index contributed by atoms with van der Waals surface area (Å²) in [7, 11) is 0. The van der Waals surface area contributed by atoms with Crippen molar-refractivity contribution in [2.45, 2.75) is 49.7 Å². The minimum Gasteiger partial charge on any atom is -0.391 e. The van der Waals surface area contributed by atoms with Crippen molar-refractivity contribution in [1.29, 1.82) is 0 Å². The molecule has 5 atom stereocenters. The van der Waals surface area contributed by atoms with E-state index in [1.165, 1.54) is 0 Å². The molecule has 0 radical (unpaired) electrons. The van der Waals surface area contributed by atoms with Gasteiger partial charge < -0.3 is 20.6 Å². The van der Waals surface area contributed by atoms with E-state index in [1.807, 2.05) is 4.90 Å². The lowest BCUT2D eigenvalue weighted by atomic mass is 9.91. The molecule has 0 saturated carbocycles. The largest absolute Gasteiger partial charge is 0.391 e. The van der Waals surface area contributed by atoms with Crippen molar-refractivity contribution in [3.8, 4) is 0 Å². The summed E-state index contributed by atoms with van der Waals surface area (Å²) in [6, 6.07) is -0.912. The maximum atomic E-state index is 11.7. The number of hydrogen-bond donors (Lipinski definition) is 4. The van der Waals surface area contributed by atoms with Gasteiger partial charge in [0.15, 0.2) is 0 Å². The average Bonchev–Trinajstić information content (AvgIpc) is 2.74. The molecule has 0 aliphatic carbocycles. The fraction of sp³-hybridized carbons (Fsp3) is 0.769. The first kappa shape index (κ1) is 14.5. The summed E-state index contributed by atoms with van der Waals surface area (Å²) in [5.74, 6) is -0.158. The Morgan fingerprint density at radius 1 is 1.37 bits per heavy atom. The Kier molecular flexibility index (Phi) is 4.57. The van der Waals surface area contributed by atoms with E-state index in [4.69, 9.17) is 0 Å². The van der Waals surface area contributed by atoms with Crippen molar-refractivity contribution in [2.24, 2.45) is 0 Å². The number of aliphatic hydroxyl groups excluding tert-OH is 3. The van der Waals surface area contributed by atoms with Gasteiger partial charge in [-0.3, -0.25) is 9.69 Å². The van der Waals surface area contributed by atoms with E-state index in [0.717, 1.165) is 0 Å². The zero-order valence-corrected chi connectivity index (χ0v) is 10.9. The molecule has 2 saturated heterocycles. The Balaban J connectivity index is 1.95. The maximum Gasteiger partial charge on any atom is 0.220 e. The first-order valence-electron chi connectivity index (χ1n) is 6.73. The van der Waals surface area contributed by atoms with E-state index in [9.17, 15) is 20.1 Å². The Morgan fingerprint density at radius 2 is 2.11 bits per heavy atom. The van der Waals surface area contributed by atoms with Crippen molar-refractivity contribution in [3.63, 3.8) is 0 Å². The molecular weight excluding hydrogens is 248 g/mol. The molecule has 6 nitrogen and oxygen atoms in total. The Bertz CT molecular complexity index is 350. The highest BCUT2D eigenvalue weighted by Gasteiger charge is 2.48. The van der Waals surface area contributed by atoms with Crippen LogP contribution in [0.25, 0.3) is 0 Å². The molecule has 6 heteroatoms. The van der Waals surface area contributed by atoms with Gasteiger partial charge in [0.05, 0.1) is 24.3 Å². The van der Waals surface area contributed by atoms with Gasteiger partial charge in [0.1, 0.15) is 6.10 Å². The number of aliphatic hydroxyl groups is 3. The first-order valence-corrected chi connectivity index (χ1v) is 6.73. The third kappa shape index (κ3) is 2.97. The van der Waals surface area contributed by atoms with Crippen LogP contribution in [0.15, 0.2) is 12.7 Å². The lowest BCUT2D eigenvalue weighted by Gasteiger charge is -2.43. The summed E-state index contributed by atoms with van der Waals surface area (Å²) >= 11 is 0. The SMILES string of the molecule is C=CCCC(=O)N[C@H]1CN2CC[C@H](O)[C@@H]2[C@@H](O)[C@@H]1O. The molecule has 19 heavy (non-hydrogen) atoms. The topological polar surface area (TPSA) is 93.0 Å². The molecule has 0 bridgehead atoms. The minimum atomic E-state index is -1.04. The van der Waals surface area contributed by atoms with Crippen LogP contribution in [0, 0.1) is 0 Å². The first-order chi connectivity index (χ1) is 9.04. The van der Waals surface area contributed by atoms with Gasteiger partial charge in [0.25, 0.3) is 0 Å². The number of carbonyl (C=O) groups excluding carboxylic acids is 1. The molecule has 0 aromatic carbocycles. The van der Waals surface area contributed by atoms with Gasteiger partial charge in [-0.25, -0.2) is 0 Å². The van der Waals surface area contributed by atoms with Gasteiger partial charge in [-0.1, -0.05) is 6.08 Å². The quantitative estimate of drug-likeness (QED) is 0.472. The number of nitrogens with zero attached hydrogens (tertiary/aromatic N) is 1. The molecule has 2 aliphatic heterocycles. The third-order valence-corrected chi connectivity index (χ3v) is 3.99. The van der Waals surface area contributed by atoms with Gasteiger partial charge in [0.2, 0.25) is 5.91 Å². The van der Waals surface area contributed by atoms with Crippen molar-refractivity contribution in [3.05, 3.63) is 12.7 Å². The van der Waals surface area contributed by atoms with E-state index in [0.29, 0.717) is 32.4 Å². The van der Waals surface area contributed by atoms with Crippen molar-refractivity contribution >= 4 is 5.91 Å². The Hall–Kier alpha value is -0.950. The summed E-state index contributed by atoms with van der Waals surface area (Å²) in [4.78, 5) is 13.6. The summed E-state index contributed by atoms with van der Waals surface area (Å²) in [5.41, 5.74) is 0. The van der Waals surface area contributed by atoms with Crippen molar-refractivity contribution in [1.82, 2.24) is 10.2 Å². The Labute approximate surface area is 112 Å². The van der Waals surface area contributed by atoms with Crippen molar-refractivity contribution < 1.29 is 20.1 Å². The van der Waals surface area contributed by atoms with Crippen LogP contribution in [0.3, 0.4) is 0 Å². The molecule has 2 fully saturated rings. The van der Waals surface area contributed by atoms with Gasteiger partial charge >= 0.3 is 0 Å². The second-order valence-electron chi connectivity index (χ2n) is 5.32. The highest BCUT2D eigenvalue weighted by Crippen LogP contribution is 2.28. The van der Waals surface area contributed by atoms with Crippen LogP contribution >= 0.6 is 0 Å². The minimum absolute atomic E-state index is 0.158. The summed E-state index contributed by atoms with van der Waals surface area (Å²) in [6.07, 6.45) is 0.487. The number of piperidine rings is 1. The zero-order chi connectivity index (χ0) is 14.0. The number of rotatable bonds is 4. The average molecular weight is 270 g/mol. The second kappa shape index (κ2) is 6.00. The molecule has 0 aromatic rings. The lowest BCUT2D eigenvalue weighted by Crippen LogP contribution is -2.65. The fourth-order valence-electron chi connectivity index (χ4n) is 2.96. The van der Waals surface area contributed by atoms with Crippen LogP contribution in [-0.4, -0.2) is 69.6 Å². The molecule has 2 rings (SSSR count). The van der Waals surface area contributed by atoms with Crippen LogP contribution in [0.2, 0.25) is 0 Å². The maximum absolute atomic E-state index is 11.7. The third-order valence-electron chi connectivity index (χ3n) is 3.99. The second-order valence-corrected chi connectivity index (χ2v) is 5.32. The molecule has 0 unspecified atom stereocenters. The van der Waals surface area contributed by atoms with Gasteiger partial charge in [-0.15, -0.1) is 6.58 Å². The molecule has 1 amide bonds. The van der Waals surface area contributed by atoms with Crippen LogP contribution in [-0.2, 0) is 4.79 Å². The van der Waals surface area contributed by atoms with Crippen LogP contribution in [0.5, 0.6) is 0 Å². The van der Waals surface area contributed by atoms with E-state index in [2.05, 4.69) is 11.9 Å². The van der Waals surface area contributed by atoms with Crippen LogP contribution in [0.4, 0.5) is 0 Å². The fourth-order valence-corrected chi connectivity index (χ4v) is 2.96. The Morgan fingerprint density at radius 3 is 2.79 bits per heavy atom. The van der Waals surface area contributed by atoms with Crippen LogP contribution < -0.4 is 5.32 Å². The summed E-state index contributed by atoms with van der Waals surface area (Å²) in [5, 5.41) is 32.6. The number of hydrogen-bond acceptors (Lipinski definition) is 5. The number of fused-ring (bicyclic) bond motifs is 1. The van der Waals surface area contributed by atoms with Gasteiger partial charge in [-0.2, -0.15) is 0 Å². The predicted octanol–water partition coefficient (Wildman–Crippen LogP) is -1.39. The van der Waals surface area contributed by atoms with E-state index in [-0.39, 0.29) is 5.91 Å². The highest BCUT2D eigenvalue weighted by molar-refractivity contribution is 5.76. The number of nitrogens with one attached hydrogen (secondary N) is 1. The molecule has 2 aliphatic rings. The summed E-state index contributed by atoms with van der Waals surface area (Å²) < 4.78 is 0. The van der Waals surface area contributed by atoms with Gasteiger partial charge in [-0.05, 0) is 12.8 Å². The van der Waals surface area contributed by atoms with Crippen LogP contribution in [0.1, 0.15) is 19.3 Å². The standard InChI is InChI=1S/C13H22N2O4/c1-2-3-4-10(17)14-8-7-15-6-5-9(16)11(15)13(19)12(8)18/h2,8-9,11-13,16,18-19H,1,3-7H2,(H,14,17)/t8-,9-,11+,12+,13+/m0/s1. The summed E-state index contributed by atoms with van der Waals surface area (Å²) in [6.45, 7) is 4.69. The van der Waals surface area contributed by atoms with E-state index in [1.54, 1.807) is 6.08 Å². The zero-order valence-electron chi connectivity index (χ0n) is 10.9. The molecule has 108 valence electrons. The normalized spacial score (nSPS) is 38.8. The molecule has 0 spiro atoms. The molecule has 0 aromatic heterocycles. The molecular formula is C13H22N2O4. The highest BCUT2D eigenvalue weighted by atomic mass is 16.3. The van der Waals surface area contributed by atoms with Gasteiger partial charge in [0, 0.05) is 19.5 Å². The monoisotopic (exact) mass is 270 g/mol. The number of carbonyl (C=O) groups is 1. The number of amides is 1. The molecule has 2 heterocycles. The van der Waals surface area contributed by atoms with E-state index >= 15 is 0 Å².